The standard InChI is InChI=1S/C20H25BN2O4/c1-13-9-15(21-26-19(2,3)20(4,5)27-21)11-16(10-13)23-18(24)14-7-8-17(25-6)22-12-14/h7-12H,1-6H3,(H,23,24). The number of pyridine rings is 1. The first kappa shape index (κ1) is 19.4. The molecule has 0 radical (unpaired) electrons. The third-order valence-electron chi connectivity index (χ3n) is 5.09. The van der Waals surface area contributed by atoms with Crippen LogP contribution < -0.4 is 15.5 Å². The lowest BCUT2D eigenvalue weighted by molar-refractivity contribution is 0.00578. The molecule has 0 bridgehead atoms. The van der Waals surface area contributed by atoms with Crippen LogP contribution in [0.15, 0.2) is 36.5 Å². The van der Waals surface area contributed by atoms with Crippen molar-refractivity contribution >= 4 is 24.2 Å². The van der Waals surface area contributed by atoms with Crippen molar-refractivity contribution in [3.05, 3.63) is 47.7 Å². The highest BCUT2D eigenvalue weighted by Gasteiger charge is 2.51. The van der Waals surface area contributed by atoms with Gasteiger partial charge in [0, 0.05) is 18.0 Å². The number of nitrogens with one attached hydrogen (secondary N) is 1. The summed E-state index contributed by atoms with van der Waals surface area (Å²) in [5, 5.41) is 2.91. The SMILES string of the molecule is COc1ccc(C(=O)Nc2cc(C)cc(B3OC(C)(C)C(C)(C)O3)c2)cn1. The number of rotatable bonds is 4. The zero-order valence-corrected chi connectivity index (χ0v) is 16.6. The Balaban J connectivity index is 1.80. The van der Waals surface area contributed by atoms with Crippen LogP contribution in [-0.2, 0) is 9.31 Å². The molecule has 1 N–H and O–H groups in total. The quantitative estimate of drug-likeness (QED) is 0.841. The van der Waals surface area contributed by atoms with Gasteiger partial charge in [-0.25, -0.2) is 4.98 Å². The van der Waals surface area contributed by atoms with Crippen LogP contribution in [0.3, 0.4) is 0 Å². The van der Waals surface area contributed by atoms with E-state index in [0.29, 0.717) is 17.1 Å². The van der Waals surface area contributed by atoms with Gasteiger partial charge in [0.25, 0.3) is 5.91 Å². The Kier molecular flexibility index (Phi) is 5.01. The second-order valence-corrected chi connectivity index (χ2v) is 7.76. The van der Waals surface area contributed by atoms with E-state index in [1.165, 1.54) is 13.3 Å². The molecule has 3 rings (SSSR count). The average molecular weight is 368 g/mol. The fraction of sp³-hybridized carbons (Fsp3) is 0.400. The summed E-state index contributed by atoms with van der Waals surface area (Å²) >= 11 is 0. The van der Waals surface area contributed by atoms with E-state index < -0.39 is 18.3 Å². The van der Waals surface area contributed by atoms with Crippen LogP contribution in [0, 0.1) is 6.92 Å². The number of carbonyl (C=O) groups excluding carboxylic acids is 1. The summed E-state index contributed by atoms with van der Waals surface area (Å²) in [5.41, 5.74) is 2.18. The van der Waals surface area contributed by atoms with Crippen molar-refractivity contribution in [2.45, 2.75) is 45.8 Å². The Labute approximate surface area is 160 Å². The highest BCUT2D eigenvalue weighted by Crippen LogP contribution is 2.36. The van der Waals surface area contributed by atoms with Crippen molar-refractivity contribution in [3.8, 4) is 5.88 Å². The highest BCUT2D eigenvalue weighted by atomic mass is 16.7. The van der Waals surface area contributed by atoms with E-state index in [2.05, 4.69) is 10.3 Å². The molecule has 1 aromatic carbocycles. The van der Waals surface area contributed by atoms with Gasteiger partial charge in [-0.3, -0.25) is 4.79 Å². The van der Waals surface area contributed by atoms with E-state index in [1.54, 1.807) is 12.1 Å². The number of ether oxygens (including phenoxy) is 1. The van der Waals surface area contributed by atoms with E-state index in [4.69, 9.17) is 14.0 Å². The van der Waals surface area contributed by atoms with Crippen LogP contribution in [0.25, 0.3) is 0 Å². The summed E-state index contributed by atoms with van der Waals surface area (Å²) in [6.45, 7) is 10.0. The molecule has 0 aliphatic carbocycles. The number of hydrogen-bond acceptors (Lipinski definition) is 5. The van der Waals surface area contributed by atoms with Crippen LogP contribution in [0.2, 0.25) is 0 Å². The van der Waals surface area contributed by atoms with Crippen LogP contribution in [0.4, 0.5) is 5.69 Å². The fourth-order valence-electron chi connectivity index (χ4n) is 2.84. The third-order valence-corrected chi connectivity index (χ3v) is 5.09. The molecule has 7 heteroatoms. The van der Waals surface area contributed by atoms with Gasteiger partial charge >= 0.3 is 7.12 Å². The number of aromatic nitrogens is 1. The van der Waals surface area contributed by atoms with Gasteiger partial charge in [-0.15, -0.1) is 0 Å². The van der Waals surface area contributed by atoms with Crippen molar-refractivity contribution in [2.75, 3.05) is 12.4 Å². The minimum absolute atomic E-state index is 0.240. The Morgan fingerprint density at radius 3 is 2.33 bits per heavy atom. The highest BCUT2D eigenvalue weighted by molar-refractivity contribution is 6.62. The summed E-state index contributed by atoms with van der Waals surface area (Å²) < 4.78 is 17.3. The molecular formula is C20H25BN2O4. The van der Waals surface area contributed by atoms with Gasteiger partial charge in [0.1, 0.15) is 0 Å². The van der Waals surface area contributed by atoms with Gasteiger partial charge in [-0.05, 0) is 63.8 Å². The molecular weight excluding hydrogens is 343 g/mol. The van der Waals surface area contributed by atoms with Gasteiger partial charge in [0.05, 0.1) is 23.9 Å². The van der Waals surface area contributed by atoms with Crippen LogP contribution in [0.1, 0.15) is 43.6 Å². The number of anilines is 1. The molecule has 1 aliphatic heterocycles. The normalized spacial score (nSPS) is 17.6. The van der Waals surface area contributed by atoms with E-state index in [-0.39, 0.29) is 5.91 Å². The molecule has 27 heavy (non-hydrogen) atoms. The Bertz CT molecular complexity index is 834. The fourth-order valence-corrected chi connectivity index (χ4v) is 2.84. The van der Waals surface area contributed by atoms with E-state index >= 15 is 0 Å². The van der Waals surface area contributed by atoms with E-state index in [9.17, 15) is 4.79 Å². The topological polar surface area (TPSA) is 69.7 Å². The van der Waals surface area contributed by atoms with E-state index in [0.717, 1.165) is 11.0 Å². The zero-order chi connectivity index (χ0) is 19.8. The largest absolute Gasteiger partial charge is 0.494 e. The first-order valence-corrected chi connectivity index (χ1v) is 8.90. The van der Waals surface area contributed by atoms with Crippen molar-refractivity contribution in [2.24, 2.45) is 0 Å². The molecule has 2 heterocycles. The van der Waals surface area contributed by atoms with Crippen molar-refractivity contribution in [1.82, 2.24) is 4.98 Å². The predicted molar refractivity (Wildman–Crippen MR) is 106 cm³/mol. The number of nitrogens with zero attached hydrogens (tertiary/aromatic N) is 1. The molecule has 1 fully saturated rings. The molecule has 1 amide bonds. The number of amides is 1. The smallest absolute Gasteiger partial charge is 0.481 e. The summed E-state index contributed by atoms with van der Waals surface area (Å²) in [6, 6.07) is 9.12. The molecule has 1 saturated heterocycles. The maximum absolute atomic E-state index is 12.5. The van der Waals surface area contributed by atoms with Crippen LogP contribution in [-0.4, -0.2) is 36.3 Å². The minimum Gasteiger partial charge on any atom is -0.481 e. The first-order valence-electron chi connectivity index (χ1n) is 8.90. The summed E-state index contributed by atoms with van der Waals surface area (Å²) in [4.78, 5) is 16.6. The Hall–Kier alpha value is -2.38. The molecule has 2 aromatic rings. The van der Waals surface area contributed by atoms with Crippen molar-refractivity contribution in [1.29, 1.82) is 0 Å². The number of benzene rings is 1. The molecule has 142 valence electrons. The van der Waals surface area contributed by atoms with Gasteiger partial charge in [-0.2, -0.15) is 0 Å². The molecule has 1 aromatic heterocycles. The lowest BCUT2D eigenvalue weighted by Crippen LogP contribution is -2.41. The number of methoxy groups -OCH3 is 1. The lowest BCUT2D eigenvalue weighted by atomic mass is 9.78. The average Bonchev–Trinajstić information content (AvgIpc) is 2.82. The lowest BCUT2D eigenvalue weighted by Gasteiger charge is -2.32. The van der Waals surface area contributed by atoms with Gasteiger partial charge < -0.3 is 19.4 Å². The maximum Gasteiger partial charge on any atom is 0.494 e. The molecule has 1 aliphatic rings. The van der Waals surface area contributed by atoms with E-state index in [1.807, 2.05) is 52.8 Å². The third kappa shape index (κ3) is 3.99. The first-order chi connectivity index (χ1) is 12.6. The van der Waals surface area contributed by atoms with Crippen molar-refractivity contribution < 1.29 is 18.8 Å². The number of aryl methyl sites for hydroxylation is 1. The van der Waals surface area contributed by atoms with Crippen molar-refractivity contribution in [3.63, 3.8) is 0 Å². The zero-order valence-electron chi connectivity index (χ0n) is 16.6. The molecule has 6 nitrogen and oxygen atoms in total. The monoisotopic (exact) mass is 368 g/mol. The van der Waals surface area contributed by atoms with Gasteiger partial charge in [-0.1, -0.05) is 6.07 Å². The molecule has 0 unspecified atom stereocenters. The number of hydrogen-bond donors (Lipinski definition) is 1. The maximum atomic E-state index is 12.5. The van der Waals surface area contributed by atoms with Crippen LogP contribution >= 0.6 is 0 Å². The molecule has 0 saturated carbocycles. The second-order valence-electron chi connectivity index (χ2n) is 7.76. The second kappa shape index (κ2) is 6.98. The minimum atomic E-state index is -0.479. The van der Waals surface area contributed by atoms with Crippen LogP contribution in [0.5, 0.6) is 5.88 Å². The van der Waals surface area contributed by atoms with Gasteiger partial charge in [0.15, 0.2) is 0 Å². The molecule has 0 atom stereocenters. The van der Waals surface area contributed by atoms with Gasteiger partial charge in [0.2, 0.25) is 5.88 Å². The summed E-state index contributed by atoms with van der Waals surface area (Å²) in [5.74, 6) is 0.223. The Morgan fingerprint density at radius 1 is 1.11 bits per heavy atom. The number of carbonyl (C=O) groups is 1. The summed E-state index contributed by atoms with van der Waals surface area (Å²) in [6.07, 6.45) is 1.49. The Morgan fingerprint density at radius 2 is 1.78 bits per heavy atom. The predicted octanol–water partition coefficient (Wildman–Crippen LogP) is 2.95. The molecule has 0 spiro atoms. The summed E-state index contributed by atoms with van der Waals surface area (Å²) in [7, 11) is 1.06.